The maximum atomic E-state index is 4.84. The van der Waals surface area contributed by atoms with Crippen LogP contribution >= 0.6 is 0 Å². The van der Waals surface area contributed by atoms with Gasteiger partial charge < -0.3 is 16.0 Å². The summed E-state index contributed by atoms with van der Waals surface area (Å²) in [4.78, 5) is 4.84. The Balaban J connectivity index is 2.03. The van der Waals surface area contributed by atoms with E-state index in [4.69, 9.17) is 4.98 Å². The summed E-state index contributed by atoms with van der Waals surface area (Å²) in [6.07, 6.45) is 2.40. The molecule has 2 heterocycles. The third-order valence-corrected chi connectivity index (χ3v) is 3.96. The molecular weight excluding hydrogens is 248 g/mol. The van der Waals surface area contributed by atoms with Crippen LogP contribution in [0.15, 0.2) is 18.2 Å². The third-order valence-electron chi connectivity index (χ3n) is 3.96. The average Bonchev–Trinajstić information content (AvgIpc) is 2.48. The van der Waals surface area contributed by atoms with Gasteiger partial charge in [-0.3, -0.25) is 4.98 Å². The summed E-state index contributed by atoms with van der Waals surface area (Å²) < 4.78 is 0. The van der Waals surface area contributed by atoms with Crippen molar-refractivity contribution in [1.82, 2.24) is 20.9 Å². The smallest absolute Gasteiger partial charge is 0.0573 e. The predicted molar refractivity (Wildman–Crippen MR) is 84.0 cm³/mol. The normalized spacial score (nSPS) is 26.5. The first-order chi connectivity index (χ1) is 9.77. The summed E-state index contributed by atoms with van der Waals surface area (Å²) in [5, 5.41) is 10.5. The van der Waals surface area contributed by atoms with Gasteiger partial charge in [0.1, 0.15) is 0 Å². The predicted octanol–water partition coefficient (Wildman–Crippen LogP) is 1.81. The van der Waals surface area contributed by atoms with Crippen LogP contribution < -0.4 is 16.0 Å². The Morgan fingerprint density at radius 3 is 2.50 bits per heavy atom. The van der Waals surface area contributed by atoms with Crippen LogP contribution in [-0.4, -0.2) is 37.7 Å². The molecular formula is C16H28N4. The van der Waals surface area contributed by atoms with Gasteiger partial charge in [-0.25, -0.2) is 0 Å². The number of nitrogens with one attached hydrogen (secondary N) is 3. The minimum Gasteiger partial charge on any atom is -0.315 e. The molecule has 0 saturated carbocycles. The van der Waals surface area contributed by atoms with Crippen molar-refractivity contribution < 1.29 is 0 Å². The number of aromatic nitrogens is 1. The molecule has 20 heavy (non-hydrogen) atoms. The lowest BCUT2D eigenvalue weighted by molar-refractivity contribution is 0.529. The maximum absolute atomic E-state index is 4.84. The highest BCUT2D eigenvalue weighted by Gasteiger charge is 2.11. The van der Waals surface area contributed by atoms with Gasteiger partial charge in [0, 0.05) is 37.9 Å². The Morgan fingerprint density at radius 1 is 0.950 bits per heavy atom. The van der Waals surface area contributed by atoms with E-state index < -0.39 is 0 Å². The molecule has 2 unspecified atom stereocenters. The Morgan fingerprint density at radius 2 is 1.65 bits per heavy atom. The van der Waals surface area contributed by atoms with Crippen molar-refractivity contribution in [3.8, 4) is 0 Å². The van der Waals surface area contributed by atoms with Gasteiger partial charge >= 0.3 is 0 Å². The summed E-state index contributed by atoms with van der Waals surface area (Å²) >= 11 is 0. The van der Waals surface area contributed by atoms with Crippen molar-refractivity contribution in [2.75, 3.05) is 32.7 Å². The van der Waals surface area contributed by atoms with E-state index in [9.17, 15) is 0 Å². The highest BCUT2D eigenvalue weighted by atomic mass is 15.0. The van der Waals surface area contributed by atoms with Gasteiger partial charge in [-0.1, -0.05) is 13.0 Å². The van der Waals surface area contributed by atoms with E-state index in [1.54, 1.807) is 0 Å². The molecule has 0 aromatic carbocycles. The Kier molecular flexibility index (Phi) is 6.43. The average molecular weight is 276 g/mol. The highest BCUT2D eigenvalue weighted by molar-refractivity contribution is 5.16. The van der Waals surface area contributed by atoms with Crippen LogP contribution in [0, 0.1) is 0 Å². The molecule has 0 radical (unpaired) electrons. The lowest BCUT2D eigenvalue weighted by Gasteiger charge is -2.16. The Labute approximate surface area is 122 Å². The van der Waals surface area contributed by atoms with Crippen molar-refractivity contribution >= 4 is 0 Å². The number of hydrogen-bond acceptors (Lipinski definition) is 4. The monoisotopic (exact) mass is 276 g/mol. The molecule has 2 rings (SSSR count). The summed E-state index contributed by atoms with van der Waals surface area (Å²) in [6, 6.07) is 6.74. The molecule has 0 saturated heterocycles. The summed E-state index contributed by atoms with van der Waals surface area (Å²) in [5.74, 6) is 0.534. The number of rotatable bonds is 0. The van der Waals surface area contributed by atoms with Gasteiger partial charge in [0.2, 0.25) is 0 Å². The SMILES string of the molecule is CC1CCCNCCNCCNC(C)c2cccc1n2. The Hall–Kier alpha value is -0.970. The molecule has 0 fully saturated rings. The lowest BCUT2D eigenvalue weighted by atomic mass is 10.0. The largest absolute Gasteiger partial charge is 0.315 e. The van der Waals surface area contributed by atoms with Gasteiger partial charge in [-0.15, -0.1) is 0 Å². The summed E-state index contributed by atoms with van der Waals surface area (Å²) in [6.45, 7) is 9.64. The van der Waals surface area contributed by atoms with Gasteiger partial charge in [0.05, 0.1) is 5.69 Å². The second-order valence-electron chi connectivity index (χ2n) is 5.71. The fourth-order valence-electron chi connectivity index (χ4n) is 2.57. The van der Waals surface area contributed by atoms with Crippen molar-refractivity contribution in [3.05, 3.63) is 29.6 Å². The van der Waals surface area contributed by atoms with Crippen molar-refractivity contribution in [2.24, 2.45) is 0 Å². The second kappa shape index (κ2) is 8.35. The van der Waals surface area contributed by atoms with Crippen LogP contribution in [0.3, 0.4) is 0 Å². The van der Waals surface area contributed by atoms with E-state index in [1.165, 1.54) is 18.5 Å². The Bertz CT molecular complexity index is 361. The van der Waals surface area contributed by atoms with Crippen LogP contribution in [0.4, 0.5) is 0 Å². The minimum atomic E-state index is 0.312. The number of nitrogens with zero attached hydrogens (tertiary/aromatic N) is 1. The minimum absolute atomic E-state index is 0.312. The van der Waals surface area contributed by atoms with E-state index in [-0.39, 0.29) is 0 Å². The van der Waals surface area contributed by atoms with Crippen molar-refractivity contribution in [3.63, 3.8) is 0 Å². The van der Waals surface area contributed by atoms with E-state index in [2.05, 4.69) is 48.0 Å². The summed E-state index contributed by atoms with van der Waals surface area (Å²) in [5.41, 5.74) is 2.38. The van der Waals surface area contributed by atoms with Crippen LogP contribution in [0.5, 0.6) is 0 Å². The van der Waals surface area contributed by atoms with Gasteiger partial charge in [-0.2, -0.15) is 0 Å². The van der Waals surface area contributed by atoms with Crippen LogP contribution in [0.1, 0.15) is 50.0 Å². The molecule has 112 valence electrons. The first kappa shape index (κ1) is 15.4. The molecule has 4 nitrogen and oxygen atoms in total. The molecule has 0 aliphatic carbocycles. The van der Waals surface area contributed by atoms with Crippen LogP contribution in [0.2, 0.25) is 0 Å². The van der Waals surface area contributed by atoms with Crippen molar-refractivity contribution in [1.29, 1.82) is 0 Å². The molecule has 1 aromatic rings. The first-order valence-electron chi connectivity index (χ1n) is 7.89. The van der Waals surface area contributed by atoms with E-state index in [1.807, 2.05) is 0 Å². The van der Waals surface area contributed by atoms with E-state index in [0.29, 0.717) is 12.0 Å². The second-order valence-corrected chi connectivity index (χ2v) is 5.71. The molecule has 1 aliphatic heterocycles. The molecule has 0 spiro atoms. The molecule has 2 bridgehead atoms. The number of fused-ring (bicyclic) bond motifs is 2. The van der Waals surface area contributed by atoms with Gasteiger partial charge in [0.15, 0.2) is 0 Å². The fraction of sp³-hybridized carbons (Fsp3) is 0.688. The molecule has 1 aromatic heterocycles. The number of hydrogen-bond donors (Lipinski definition) is 3. The highest BCUT2D eigenvalue weighted by Crippen LogP contribution is 2.20. The standard InChI is InChI=1S/C16H28N4/c1-13-5-4-8-17-9-10-18-11-12-19-14(2)16-7-3-6-15(13)20-16/h3,6-7,13-14,17-19H,4-5,8-12H2,1-2H3. The van der Waals surface area contributed by atoms with Crippen molar-refractivity contribution in [2.45, 2.75) is 38.6 Å². The molecule has 4 heteroatoms. The van der Waals surface area contributed by atoms with E-state index in [0.717, 1.165) is 38.4 Å². The van der Waals surface area contributed by atoms with Crippen LogP contribution in [-0.2, 0) is 0 Å². The van der Waals surface area contributed by atoms with Gasteiger partial charge in [-0.05, 0) is 44.4 Å². The zero-order valence-corrected chi connectivity index (χ0v) is 12.8. The van der Waals surface area contributed by atoms with Gasteiger partial charge in [0.25, 0.3) is 0 Å². The molecule has 2 atom stereocenters. The third kappa shape index (κ3) is 4.85. The molecule has 3 N–H and O–H groups in total. The molecule has 0 amide bonds. The zero-order valence-electron chi connectivity index (χ0n) is 12.8. The topological polar surface area (TPSA) is 49.0 Å². The maximum Gasteiger partial charge on any atom is 0.0573 e. The van der Waals surface area contributed by atoms with E-state index >= 15 is 0 Å². The lowest BCUT2D eigenvalue weighted by Crippen LogP contribution is -2.33. The van der Waals surface area contributed by atoms with Crippen LogP contribution in [0.25, 0.3) is 0 Å². The summed E-state index contributed by atoms with van der Waals surface area (Å²) in [7, 11) is 0. The zero-order chi connectivity index (χ0) is 14.2. The number of pyridine rings is 1. The first-order valence-corrected chi connectivity index (χ1v) is 7.89. The quantitative estimate of drug-likeness (QED) is 0.676. The fourth-order valence-corrected chi connectivity index (χ4v) is 2.57. The molecule has 1 aliphatic rings.